The molecule has 1 fully saturated rings. The van der Waals surface area contributed by atoms with Crippen LogP contribution in [0.4, 0.5) is 23.5 Å². The van der Waals surface area contributed by atoms with Gasteiger partial charge in [0, 0.05) is 58.0 Å². The summed E-state index contributed by atoms with van der Waals surface area (Å²) in [4.78, 5) is 23.5. The van der Waals surface area contributed by atoms with E-state index >= 15 is 0 Å². The van der Waals surface area contributed by atoms with E-state index in [1.807, 2.05) is 12.1 Å². The Morgan fingerprint density at radius 3 is 1.63 bits per heavy atom. The molecule has 0 saturated carbocycles. The van der Waals surface area contributed by atoms with E-state index in [-0.39, 0.29) is 0 Å². The summed E-state index contributed by atoms with van der Waals surface area (Å²) in [7, 11) is 1.70. The smallest absolute Gasteiger partial charge is 0.232 e. The zero-order valence-corrected chi connectivity index (χ0v) is 19.0. The number of hydrogen-bond donors (Lipinski definition) is 0. The number of hydrogen-bond acceptors (Lipinski definition) is 8. The maximum absolute atomic E-state index is 5.27. The molecule has 1 aliphatic rings. The van der Waals surface area contributed by atoms with Crippen LogP contribution in [0.2, 0.25) is 0 Å². The van der Waals surface area contributed by atoms with E-state index < -0.39 is 0 Å². The molecule has 1 saturated heterocycles. The summed E-state index contributed by atoms with van der Waals surface area (Å²) in [6, 6.07) is 8.27. The average Bonchev–Trinajstić information content (AvgIpc) is 2.81. The minimum atomic E-state index is 0.768. The molecule has 0 aliphatic carbocycles. The van der Waals surface area contributed by atoms with Crippen LogP contribution in [0.15, 0.2) is 24.3 Å². The van der Waals surface area contributed by atoms with Crippen molar-refractivity contribution >= 4 is 23.5 Å². The van der Waals surface area contributed by atoms with Gasteiger partial charge in [-0.3, -0.25) is 0 Å². The van der Waals surface area contributed by atoms with Crippen LogP contribution >= 0.6 is 0 Å². The molecular formula is C22H35N7O. The second-order valence-corrected chi connectivity index (χ2v) is 7.25. The third-order valence-corrected chi connectivity index (χ3v) is 5.69. The lowest BCUT2D eigenvalue weighted by atomic mass is 10.2. The highest BCUT2D eigenvalue weighted by Crippen LogP contribution is 2.23. The zero-order chi connectivity index (χ0) is 21.5. The van der Waals surface area contributed by atoms with Crippen molar-refractivity contribution in [1.82, 2.24) is 15.0 Å². The number of nitrogens with zero attached hydrogens (tertiary/aromatic N) is 7. The minimum Gasteiger partial charge on any atom is -0.497 e. The summed E-state index contributed by atoms with van der Waals surface area (Å²) >= 11 is 0. The van der Waals surface area contributed by atoms with Gasteiger partial charge in [-0.15, -0.1) is 0 Å². The lowest BCUT2D eigenvalue weighted by Gasteiger charge is -2.36. The Balaban J connectivity index is 1.79. The second kappa shape index (κ2) is 10.3. The summed E-state index contributed by atoms with van der Waals surface area (Å²) in [6.45, 7) is 15.7. The van der Waals surface area contributed by atoms with Crippen molar-refractivity contribution in [2.45, 2.75) is 27.7 Å². The minimum absolute atomic E-state index is 0.768. The Bertz CT molecular complexity index is 752. The van der Waals surface area contributed by atoms with Gasteiger partial charge in [-0.25, -0.2) is 0 Å². The maximum atomic E-state index is 5.27. The number of rotatable bonds is 9. The van der Waals surface area contributed by atoms with E-state index in [4.69, 9.17) is 19.7 Å². The number of anilines is 4. The van der Waals surface area contributed by atoms with Gasteiger partial charge in [-0.2, -0.15) is 15.0 Å². The number of aromatic nitrogens is 3. The molecule has 0 bridgehead atoms. The molecule has 0 spiro atoms. The zero-order valence-electron chi connectivity index (χ0n) is 19.0. The molecule has 8 heteroatoms. The van der Waals surface area contributed by atoms with Gasteiger partial charge >= 0.3 is 0 Å². The lowest BCUT2D eigenvalue weighted by Crippen LogP contribution is -2.47. The first-order valence-corrected chi connectivity index (χ1v) is 11.0. The molecule has 2 heterocycles. The number of ether oxygens (including phenoxy) is 1. The van der Waals surface area contributed by atoms with Gasteiger partial charge in [-0.1, -0.05) is 0 Å². The topological polar surface area (TPSA) is 60.9 Å². The van der Waals surface area contributed by atoms with E-state index in [0.717, 1.165) is 76.0 Å². The molecule has 0 unspecified atom stereocenters. The first-order valence-electron chi connectivity index (χ1n) is 11.0. The fourth-order valence-electron chi connectivity index (χ4n) is 3.74. The Labute approximate surface area is 180 Å². The molecule has 164 valence electrons. The van der Waals surface area contributed by atoms with Crippen LogP contribution in [0.25, 0.3) is 0 Å². The van der Waals surface area contributed by atoms with Gasteiger partial charge in [0.1, 0.15) is 5.75 Å². The van der Waals surface area contributed by atoms with E-state index in [9.17, 15) is 0 Å². The number of piperazine rings is 1. The fourth-order valence-corrected chi connectivity index (χ4v) is 3.74. The van der Waals surface area contributed by atoms with E-state index in [0.29, 0.717) is 0 Å². The molecule has 0 amide bonds. The fraction of sp³-hybridized carbons (Fsp3) is 0.591. The summed E-state index contributed by atoms with van der Waals surface area (Å²) in [5, 5.41) is 0. The van der Waals surface area contributed by atoms with Gasteiger partial charge in [0.25, 0.3) is 0 Å². The van der Waals surface area contributed by atoms with Crippen LogP contribution in [0.1, 0.15) is 27.7 Å². The van der Waals surface area contributed by atoms with Crippen molar-refractivity contribution in [2.24, 2.45) is 0 Å². The van der Waals surface area contributed by atoms with Gasteiger partial charge in [0.15, 0.2) is 0 Å². The lowest BCUT2D eigenvalue weighted by molar-refractivity contribution is 0.415. The Morgan fingerprint density at radius 2 is 1.20 bits per heavy atom. The Hall–Kier alpha value is -2.77. The summed E-state index contributed by atoms with van der Waals surface area (Å²) in [6.07, 6.45) is 0. The summed E-state index contributed by atoms with van der Waals surface area (Å²) < 4.78 is 5.27. The first kappa shape index (κ1) is 21.9. The monoisotopic (exact) mass is 413 g/mol. The predicted octanol–water partition coefficient (Wildman–Crippen LogP) is 2.90. The van der Waals surface area contributed by atoms with Crippen LogP contribution in [-0.2, 0) is 0 Å². The van der Waals surface area contributed by atoms with Gasteiger partial charge < -0.3 is 24.3 Å². The Morgan fingerprint density at radius 1 is 0.733 bits per heavy atom. The van der Waals surface area contributed by atoms with E-state index in [2.05, 4.69) is 59.4 Å². The van der Waals surface area contributed by atoms with Gasteiger partial charge in [-0.05, 0) is 52.0 Å². The van der Waals surface area contributed by atoms with Crippen molar-refractivity contribution in [3.05, 3.63) is 24.3 Å². The molecule has 3 rings (SSSR count). The van der Waals surface area contributed by atoms with Crippen molar-refractivity contribution in [2.75, 3.05) is 79.1 Å². The summed E-state index contributed by atoms with van der Waals surface area (Å²) in [5.74, 6) is 3.20. The van der Waals surface area contributed by atoms with Gasteiger partial charge in [0.05, 0.1) is 7.11 Å². The predicted molar refractivity (Wildman–Crippen MR) is 124 cm³/mol. The highest BCUT2D eigenvalue weighted by atomic mass is 16.5. The van der Waals surface area contributed by atoms with E-state index in [1.54, 1.807) is 7.11 Å². The molecule has 0 atom stereocenters. The van der Waals surface area contributed by atoms with Crippen LogP contribution in [0.3, 0.4) is 0 Å². The number of methoxy groups -OCH3 is 1. The quantitative estimate of drug-likeness (QED) is 0.622. The van der Waals surface area contributed by atoms with Crippen molar-refractivity contribution in [1.29, 1.82) is 0 Å². The maximum Gasteiger partial charge on any atom is 0.232 e. The average molecular weight is 414 g/mol. The van der Waals surface area contributed by atoms with Crippen molar-refractivity contribution in [3.8, 4) is 5.75 Å². The largest absolute Gasteiger partial charge is 0.497 e. The van der Waals surface area contributed by atoms with Crippen molar-refractivity contribution < 1.29 is 4.74 Å². The standard InChI is InChI=1S/C22H35N7O/c1-6-26(7-2)20-23-21(27(8-3)9-4)25-22(24-20)29-16-14-28(15-17-29)18-10-12-19(30-5)13-11-18/h10-13H,6-9,14-17H2,1-5H3. The second-order valence-electron chi connectivity index (χ2n) is 7.25. The Kier molecular flexibility index (Phi) is 7.54. The van der Waals surface area contributed by atoms with Crippen molar-refractivity contribution in [3.63, 3.8) is 0 Å². The summed E-state index contributed by atoms with van der Waals surface area (Å²) in [5.41, 5.74) is 1.22. The van der Waals surface area contributed by atoms with Crippen LogP contribution in [0, 0.1) is 0 Å². The molecule has 0 radical (unpaired) electrons. The molecule has 2 aromatic rings. The highest BCUT2D eigenvalue weighted by molar-refractivity contribution is 5.52. The molecule has 30 heavy (non-hydrogen) atoms. The van der Waals surface area contributed by atoms with E-state index in [1.165, 1.54) is 5.69 Å². The molecule has 1 aliphatic heterocycles. The normalized spacial score (nSPS) is 14.0. The first-order chi connectivity index (χ1) is 14.6. The van der Waals surface area contributed by atoms with Gasteiger partial charge in [0.2, 0.25) is 17.8 Å². The molecule has 8 nitrogen and oxygen atoms in total. The molecule has 0 N–H and O–H groups in total. The third kappa shape index (κ3) is 4.86. The molecule has 1 aromatic heterocycles. The third-order valence-electron chi connectivity index (χ3n) is 5.69. The van der Waals surface area contributed by atoms with Crippen LogP contribution in [0.5, 0.6) is 5.75 Å². The van der Waals surface area contributed by atoms with Crippen LogP contribution in [-0.4, -0.2) is 74.4 Å². The molecular weight excluding hydrogens is 378 g/mol. The SMILES string of the molecule is CCN(CC)c1nc(N(CC)CC)nc(N2CCN(c3ccc(OC)cc3)CC2)n1. The molecule has 1 aromatic carbocycles. The van der Waals surface area contributed by atoms with Crippen LogP contribution < -0.4 is 24.3 Å². The number of benzene rings is 1. The highest BCUT2D eigenvalue weighted by Gasteiger charge is 2.22.